The predicted molar refractivity (Wildman–Crippen MR) is 96.9 cm³/mol. The first-order valence-corrected chi connectivity index (χ1v) is 9.44. The molecule has 5 rings (SSSR count). The maximum atomic E-state index is 12.6. The predicted octanol–water partition coefficient (Wildman–Crippen LogP) is 0.595. The van der Waals surface area contributed by atoms with Crippen molar-refractivity contribution in [2.24, 2.45) is 0 Å². The summed E-state index contributed by atoms with van der Waals surface area (Å²) in [5.41, 5.74) is 0.823. The highest BCUT2D eigenvalue weighted by Crippen LogP contribution is 2.38. The highest BCUT2D eigenvalue weighted by Gasteiger charge is 2.30. The molecule has 1 fully saturated rings. The smallest absolute Gasteiger partial charge is 0.260 e. The van der Waals surface area contributed by atoms with E-state index in [1.807, 2.05) is 21.7 Å². The average molecular weight is 380 g/mol. The summed E-state index contributed by atoms with van der Waals surface area (Å²) < 4.78 is 9.17. The van der Waals surface area contributed by atoms with Gasteiger partial charge in [-0.05, 0) is 47.5 Å². The maximum absolute atomic E-state index is 12.6. The second kappa shape index (κ2) is 7.02. The number of nitrogens with zero attached hydrogens (tertiary/aromatic N) is 8. The summed E-state index contributed by atoms with van der Waals surface area (Å²) in [6.45, 7) is 1.96. The third kappa shape index (κ3) is 3.45. The summed E-state index contributed by atoms with van der Waals surface area (Å²) in [6.07, 6.45) is 4.64. The van der Waals surface area contributed by atoms with Crippen molar-refractivity contribution in [3.05, 3.63) is 42.2 Å². The van der Waals surface area contributed by atoms with Crippen LogP contribution in [0.15, 0.2) is 30.6 Å². The van der Waals surface area contributed by atoms with E-state index in [1.54, 1.807) is 16.8 Å². The number of ether oxygens (including phenoxy) is 1. The van der Waals surface area contributed by atoms with Crippen LogP contribution in [-0.4, -0.2) is 65.5 Å². The zero-order valence-corrected chi connectivity index (χ0v) is 15.3. The molecule has 1 amide bonds. The Morgan fingerprint density at radius 3 is 2.75 bits per heavy atom. The summed E-state index contributed by atoms with van der Waals surface area (Å²) in [4.78, 5) is 19.0. The lowest BCUT2D eigenvalue weighted by atomic mass is 10.3. The molecular formula is C18H20N8O2. The first kappa shape index (κ1) is 16.8. The highest BCUT2D eigenvalue weighted by atomic mass is 16.5. The van der Waals surface area contributed by atoms with Crippen molar-refractivity contribution in [2.45, 2.75) is 31.7 Å². The Labute approximate surface area is 161 Å². The Kier molecular flexibility index (Phi) is 4.22. The number of rotatable bonds is 5. The van der Waals surface area contributed by atoms with Crippen LogP contribution in [0.5, 0.6) is 5.75 Å². The van der Waals surface area contributed by atoms with Crippen LogP contribution in [0.2, 0.25) is 0 Å². The van der Waals surface area contributed by atoms with Gasteiger partial charge >= 0.3 is 0 Å². The van der Waals surface area contributed by atoms with E-state index < -0.39 is 0 Å². The van der Waals surface area contributed by atoms with Crippen LogP contribution in [0.3, 0.4) is 0 Å². The molecule has 3 heterocycles. The van der Waals surface area contributed by atoms with Gasteiger partial charge in [-0.2, -0.15) is 5.10 Å². The van der Waals surface area contributed by atoms with Gasteiger partial charge in [0, 0.05) is 25.4 Å². The van der Waals surface area contributed by atoms with E-state index in [9.17, 15) is 4.79 Å². The Balaban J connectivity index is 1.15. The largest absolute Gasteiger partial charge is 0.484 e. The van der Waals surface area contributed by atoms with Gasteiger partial charge in [0.05, 0.1) is 12.2 Å². The minimum Gasteiger partial charge on any atom is -0.484 e. The van der Waals surface area contributed by atoms with E-state index in [1.165, 1.54) is 19.2 Å². The van der Waals surface area contributed by atoms with Gasteiger partial charge in [-0.15, -0.1) is 5.10 Å². The third-order valence-electron chi connectivity index (χ3n) is 5.06. The minimum atomic E-state index is -0.0299. The standard InChI is InChI=1S/C18H20N8O2/c27-17(11-28-15-5-3-14(4-6-15)26-12-19-22-23-26)24-8-7-16-20-18(13-1-2-13)21-25(16)10-9-24/h3-6,12-13H,1-2,7-11H2. The number of amides is 1. The van der Waals surface area contributed by atoms with Crippen LogP contribution < -0.4 is 4.74 Å². The summed E-state index contributed by atoms with van der Waals surface area (Å²) in [5, 5.41) is 15.7. The fourth-order valence-corrected chi connectivity index (χ4v) is 3.29. The molecule has 10 nitrogen and oxygen atoms in total. The Morgan fingerprint density at radius 2 is 2.00 bits per heavy atom. The number of hydrogen-bond donors (Lipinski definition) is 0. The van der Waals surface area contributed by atoms with Crippen molar-refractivity contribution in [2.75, 3.05) is 19.7 Å². The molecule has 0 atom stereocenters. The van der Waals surface area contributed by atoms with Gasteiger partial charge in [-0.1, -0.05) is 0 Å². The molecule has 1 aliphatic heterocycles. The molecule has 1 aliphatic carbocycles. The number of carbonyl (C=O) groups excluding carboxylic acids is 1. The monoisotopic (exact) mass is 380 g/mol. The number of carbonyl (C=O) groups is 1. The average Bonchev–Trinajstić information content (AvgIpc) is 3.34. The van der Waals surface area contributed by atoms with Crippen molar-refractivity contribution in [1.29, 1.82) is 0 Å². The lowest BCUT2D eigenvalue weighted by Crippen LogP contribution is -2.37. The van der Waals surface area contributed by atoms with E-state index in [2.05, 4.69) is 25.6 Å². The second-order valence-corrected chi connectivity index (χ2v) is 7.05. The van der Waals surface area contributed by atoms with Crippen molar-refractivity contribution in [1.82, 2.24) is 39.9 Å². The number of aromatic nitrogens is 7. The fourth-order valence-electron chi connectivity index (χ4n) is 3.29. The third-order valence-corrected chi connectivity index (χ3v) is 5.06. The van der Waals surface area contributed by atoms with Crippen molar-refractivity contribution in [3.63, 3.8) is 0 Å². The summed E-state index contributed by atoms with van der Waals surface area (Å²) in [5.74, 6) is 3.11. The van der Waals surface area contributed by atoms with Gasteiger partial charge in [0.2, 0.25) is 0 Å². The lowest BCUT2D eigenvalue weighted by molar-refractivity contribution is -0.133. The first-order chi connectivity index (χ1) is 13.8. The Morgan fingerprint density at radius 1 is 1.14 bits per heavy atom. The van der Waals surface area contributed by atoms with Gasteiger partial charge in [-0.25, -0.2) is 14.3 Å². The van der Waals surface area contributed by atoms with Gasteiger partial charge in [0.25, 0.3) is 5.91 Å². The van der Waals surface area contributed by atoms with Crippen LogP contribution in [0.4, 0.5) is 0 Å². The van der Waals surface area contributed by atoms with Gasteiger partial charge in [0.15, 0.2) is 12.4 Å². The zero-order valence-electron chi connectivity index (χ0n) is 15.3. The highest BCUT2D eigenvalue weighted by molar-refractivity contribution is 5.77. The molecule has 0 radical (unpaired) electrons. The van der Waals surface area contributed by atoms with Crippen molar-refractivity contribution < 1.29 is 9.53 Å². The molecule has 0 N–H and O–H groups in total. The molecule has 0 saturated heterocycles. The molecule has 28 heavy (non-hydrogen) atoms. The number of fused-ring (bicyclic) bond motifs is 1. The Hall–Kier alpha value is -3.30. The number of tetrazole rings is 1. The zero-order chi connectivity index (χ0) is 18.9. The number of hydrogen-bond acceptors (Lipinski definition) is 7. The Bertz CT molecular complexity index is 937. The molecule has 2 aliphatic rings. The van der Waals surface area contributed by atoms with E-state index in [0.717, 1.165) is 23.8 Å². The lowest BCUT2D eigenvalue weighted by Gasteiger charge is -2.20. The van der Waals surface area contributed by atoms with E-state index in [-0.39, 0.29) is 12.5 Å². The van der Waals surface area contributed by atoms with Gasteiger partial charge < -0.3 is 9.64 Å². The minimum absolute atomic E-state index is 0.00724. The molecule has 1 saturated carbocycles. The van der Waals surface area contributed by atoms with E-state index >= 15 is 0 Å². The molecule has 0 spiro atoms. The topological polar surface area (TPSA) is 104 Å². The second-order valence-electron chi connectivity index (χ2n) is 7.05. The number of benzene rings is 1. The van der Waals surface area contributed by atoms with Crippen LogP contribution >= 0.6 is 0 Å². The van der Waals surface area contributed by atoms with Gasteiger partial charge in [0.1, 0.15) is 17.9 Å². The maximum Gasteiger partial charge on any atom is 0.260 e. The summed E-state index contributed by atoms with van der Waals surface area (Å²) >= 11 is 0. The summed E-state index contributed by atoms with van der Waals surface area (Å²) in [7, 11) is 0. The quantitative estimate of drug-likeness (QED) is 0.638. The molecule has 2 aromatic heterocycles. The first-order valence-electron chi connectivity index (χ1n) is 9.44. The van der Waals surface area contributed by atoms with E-state index in [0.29, 0.717) is 31.3 Å². The normalized spacial score (nSPS) is 16.5. The fraction of sp³-hybridized carbons (Fsp3) is 0.444. The molecule has 144 valence electrons. The molecule has 3 aromatic rings. The van der Waals surface area contributed by atoms with Crippen LogP contribution in [0.25, 0.3) is 5.69 Å². The van der Waals surface area contributed by atoms with Crippen LogP contribution in [-0.2, 0) is 17.8 Å². The molecule has 0 bridgehead atoms. The molecular weight excluding hydrogens is 360 g/mol. The summed E-state index contributed by atoms with van der Waals surface area (Å²) in [6, 6.07) is 7.27. The van der Waals surface area contributed by atoms with Crippen molar-refractivity contribution >= 4 is 5.91 Å². The molecule has 0 unspecified atom stereocenters. The van der Waals surface area contributed by atoms with Crippen molar-refractivity contribution in [3.8, 4) is 11.4 Å². The SMILES string of the molecule is O=C(COc1ccc(-n2cnnn2)cc1)N1CCc2nc(C3CC3)nn2CC1. The van der Waals surface area contributed by atoms with Crippen LogP contribution in [0, 0.1) is 0 Å². The molecule has 1 aromatic carbocycles. The van der Waals surface area contributed by atoms with Gasteiger partial charge in [-0.3, -0.25) is 4.79 Å². The van der Waals surface area contributed by atoms with E-state index in [4.69, 9.17) is 4.74 Å². The molecule has 10 heteroatoms. The van der Waals surface area contributed by atoms with Crippen LogP contribution in [0.1, 0.15) is 30.4 Å².